The first-order chi connectivity index (χ1) is 20.2. The van der Waals surface area contributed by atoms with Crippen LogP contribution >= 0.6 is 0 Å². The highest BCUT2D eigenvalue weighted by atomic mass is 32.2. The second-order valence-corrected chi connectivity index (χ2v) is 12.4. The van der Waals surface area contributed by atoms with Gasteiger partial charge in [0, 0.05) is 18.2 Å². The van der Waals surface area contributed by atoms with Crippen LogP contribution in [-0.4, -0.2) is 55.4 Å². The summed E-state index contributed by atoms with van der Waals surface area (Å²) in [5, 5.41) is 0. The van der Waals surface area contributed by atoms with Gasteiger partial charge in [-0.1, -0.05) is 19.9 Å². The van der Waals surface area contributed by atoms with Gasteiger partial charge in [0.25, 0.3) is 17.2 Å². The minimum absolute atomic E-state index is 0.0422. The van der Waals surface area contributed by atoms with Crippen molar-refractivity contribution in [2.75, 3.05) is 28.1 Å². The molecule has 0 radical (unpaired) electrons. The fourth-order valence-electron chi connectivity index (χ4n) is 4.60. The molecular weight excluding hydrogens is 577 g/mol. The molecule has 1 fully saturated rings. The number of esters is 1. The summed E-state index contributed by atoms with van der Waals surface area (Å²) in [5.41, 5.74) is 5.63. The largest absolute Gasteiger partial charge is 0.493 e. The Morgan fingerprint density at radius 3 is 2.58 bits per heavy atom. The van der Waals surface area contributed by atoms with Crippen LogP contribution in [0.15, 0.2) is 48.5 Å². The molecule has 1 unspecified atom stereocenters. The van der Waals surface area contributed by atoms with Gasteiger partial charge in [0.1, 0.15) is 34.8 Å². The second kappa shape index (κ2) is 13.0. The number of hydrogen-bond acceptors (Lipinski definition) is 9. The highest BCUT2D eigenvalue weighted by molar-refractivity contribution is 7.81. The van der Waals surface area contributed by atoms with Gasteiger partial charge in [0.05, 0.1) is 17.9 Å². The predicted molar refractivity (Wildman–Crippen MR) is 162 cm³/mol. The maximum Gasteiger partial charge on any atom is 0.329 e. The van der Waals surface area contributed by atoms with E-state index >= 15 is 0 Å². The third-order valence-corrected chi connectivity index (χ3v) is 7.03. The first kappa shape index (κ1) is 31.8. The third kappa shape index (κ3) is 7.85. The molecule has 1 saturated heterocycles. The summed E-state index contributed by atoms with van der Waals surface area (Å²) in [7, 11) is 0. The molecule has 43 heavy (non-hydrogen) atoms. The van der Waals surface area contributed by atoms with Crippen LogP contribution in [0.5, 0.6) is 5.75 Å². The van der Waals surface area contributed by atoms with Gasteiger partial charge < -0.3 is 20.1 Å². The van der Waals surface area contributed by atoms with Crippen LogP contribution in [0.1, 0.15) is 57.8 Å². The zero-order valence-corrected chi connectivity index (χ0v) is 25.6. The van der Waals surface area contributed by atoms with Crippen molar-refractivity contribution >= 4 is 40.6 Å². The molecule has 2 aromatic heterocycles. The number of anilines is 3. The number of ether oxygens (including phenoxy) is 2. The van der Waals surface area contributed by atoms with E-state index in [9.17, 15) is 22.7 Å². The molecule has 3 N–H and O–H groups in total. The van der Waals surface area contributed by atoms with Crippen molar-refractivity contribution in [1.82, 2.24) is 9.97 Å². The van der Waals surface area contributed by atoms with Crippen LogP contribution in [0, 0.1) is 11.7 Å². The average Bonchev–Trinajstić information content (AvgIpc) is 3.40. The maximum absolute atomic E-state index is 14.7. The summed E-state index contributed by atoms with van der Waals surface area (Å²) in [6.45, 7) is 9.96. The van der Waals surface area contributed by atoms with Gasteiger partial charge in [-0.15, -0.1) is 0 Å². The lowest BCUT2D eigenvalue weighted by Crippen LogP contribution is -2.42. The Bertz CT molecular complexity index is 1530. The number of nitrogens with zero attached hydrogens (tertiary/aromatic N) is 4. The molecule has 0 spiro atoms. The van der Waals surface area contributed by atoms with E-state index in [4.69, 9.17) is 20.2 Å². The molecular formula is C30H36FN5O6S. The first-order valence-corrected chi connectivity index (χ1v) is 14.9. The van der Waals surface area contributed by atoms with E-state index in [1.807, 2.05) is 13.8 Å². The molecule has 1 aliphatic heterocycles. The Morgan fingerprint density at radius 1 is 1.19 bits per heavy atom. The van der Waals surface area contributed by atoms with Crippen molar-refractivity contribution in [2.45, 2.75) is 59.1 Å². The summed E-state index contributed by atoms with van der Waals surface area (Å²) in [6, 6.07) is 10.7. The molecule has 1 aromatic carbocycles. The number of nitrogen functional groups attached to an aromatic ring is 1. The lowest BCUT2D eigenvalue weighted by Gasteiger charge is -2.30. The number of rotatable bonds is 9. The zero-order valence-electron chi connectivity index (χ0n) is 24.7. The van der Waals surface area contributed by atoms with Gasteiger partial charge in [-0.2, -0.15) is 4.31 Å². The number of amides is 1. The van der Waals surface area contributed by atoms with E-state index < -0.39 is 40.6 Å². The lowest BCUT2D eigenvalue weighted by atomic mass is 10.1. The Kier molecular flexibility index (Phi) is 9.65. The van der Waals surface area contributed by atoms with Crippen LogP contribution in [0.4, 0.5) is 21.8 Å². The highest BCUT2D eigenvalue weighted by Gasteiger charge is 2.38. The van der Waals surface area contributed by atoms with Crippen molar-refractivity contribution in [2.24, 2.45) is 5.92 Å². The van der Waals surface area contributed by atoms with E-state index in [1.165, 1.54) is 42.5 Å². The van der Waals surface area contributed by atoms with Gasteiger partial charge in [-0.3, -0.25) is 9.35 Å². The van der Waals surface area contributed by atoms with Crippen molar-refractivity contribution in [1.29, 1.82) is 0 Å². The maximum atomic E-state index is 14.7. The monoisotopic (exact) mass is 613 g/mol. The van der Waals surface area contributed by atoms with Crippen LogP contribution in [0.2, 0.25) is 0 Å². The standard InChI is InChI=1S/C30H36FN5O6S/c1-18(2)17-41-21-15-19(14-20(31)16-21)23-12-11-22(28(37)36(43(39)40)26-10-6-9-25(32)34-26)27(33-23)35-13-7-8-24(35)29(38)42-30(3,4)5/h6,9-12,14-16,18,24H,7-8,13,17H2,1-5H3,(H2,32,34)(H,39,40)/t24-/m1/s1. The van der Waals surface area contributed by atoms with Gasteiger partial charge >= 0.3 is 5.97 Å². The van der Waals surface area contributed by atoms with Crippen molar-refractivity contribution < 1.29 is 32.2 Å². The molecule has 1 aliphatic rings. The molecule has 11 nitrogen and oxygen atoms in total. The van der Waals surface area contributed by atoms with Crippen LogP contribution in [-0.2, 0) is 20.8 Å². The van der Waals surface area contributed by atoms with Crippen molar-refractivity contribution in [3.05, 3.63) is 59.9 Å². The van der Waals surface area contributed by atoms with Crippen LogP contribution in [0.3, 0.4) is 0 Å². The Hall–Kier alpha value is -4.10. The molecule has 2 atom stereocenters. The number of halogens is 1. The SMILES string of the molecule is CC(C)COc1cc(F)cc(-c2ccc(C(=O)N(c3cccc(N)n3)S(=O)O)c(N3CCC[C@@H]3C(=O)OC(C)(C)C)n2)c1. The molecule has 0 aliphatic carbocycles. The predicted octanol–water partition coefficient (Wildman–Crippen LogP) is 4.99. The summed E-state index contributed by atoms with van der Waals surface area (Å²) in [6.07, 6.45) is 1.04. The fourth-order valence-corrected chi connectivity index (χ4v) is 5.11. The number of carbonyl (C=O) groups is 2. The molecule has 3 heterocycles. The van der Waals surface area contributed by atoms with Gasteiger partial charge in [-0.05, 0) is 75.9 Å². The molecule has 1 amide bonds. The summed E-state index contributed by atoms with van der Waals surface area (Å²) >= 11 is -2.83. The topological polar surface area (TPSA) is 148 Å². The number of pyridine rings is 2. The molecule has 0 saturated carbocycles. The number of aromatic nitrogens is 2. The minimum atomic E-state index is -2.83. The number of nitrogens with two attached hydrogens (primary N) is 1. The number of benzene rings is 1. The third-order valence-electron chi connectivity index (χ3n) is 6.36. The average molecular weight is 614 g/mol. The number of hydrogen-bond donors (Lipinski definition) is 2. The number of carbonyl (C=O) groups excluding carboxylic acids is 2. The van der Waals surface area contributed by atoms with E-state index in [2.05, 4.69) is 4.98 Å². The second-order valence-electron chi connectivity index (χ2n) is 11.6. The molecule has 13 heteroatoms. The smallest absolute Gasteiger partial charge is 0.329 e. The van der Waals surface area contributed by atoms with Gasteiger partial charge in [0.2, 0.25) is 0 Å². The molecule has 0 bridgehead atoms. The Morgan fingerprint density at radius 2 is 1.93 bits per heavy atom. The van der Waals surface area contributed by atoms with E-state index in [-0.39, 0.29) is 28.9 Å². The fraction of sp³-hybridized carbons (Fsp3) is 0.400. The summed E-state index contributed by atoms with van der Waals surface area (Å²) in [4.78, 5) is 37.6. The van der Waals surface area contributed by atoms with Gasteiger partial charge in [-0.25, -0.2) is 23.4 Å². The van der Waals surface area contributed by atoms with Crippen molar-refractivity contribution in [3.63, 3.8) is 0 Å². The quantitative estimate of drug-likeness (QED) is 0.250. The van der Waals surface area contributed by atoms with E-state index in [1.54, 1.807) is 31.7 Å². The molecule has 3 aromatic rings. The Balaban J connectivity index is 1.84. The zero-order chi connectivity index (χ0) is 31.5. The summed E-state index contributed by atoms with van der Waals surface area (Å²) < 4.78 is 49.2. The van der Waals surface area contributed by atoms with Crippen LogP contribution in [0.25, 0.3) is 11.3 Å². The van der Waals surface area contributed by atoms with Crippen LogP contribution < -0.4 is 19.7 Å². The van der Waals surface area contributed by atoms with E-state index in [0.29, 0.717) is 47.3 Å². The molecule has 4 rings (SSSR count). The lowest BCUT2D eigenvalue weighted by molar-refractivity contribution is -0.156. The first-order valence-electron chi connectivity index (χ1n) is 13.9. The Labute approximate surface area is 252 Å². The normalized spacial score (nSPS) is 15.8. The minimum Gasteiger partial charge on any atom is -0.493 e. The van der Waals surface area contributed by atoms with Gasteiger partial charge in [0.15, 0.2) is 5.82 Å². The summed E-state index contributed by atoms with van der Waals surface area (Å²) in [5.74, 6) is -1.44. The van der Waals surface area contributed by atoms with Crippen molar-refractivity contribution in [3.8, 4) is 17.0 Å². The van der Waals surface area contributed by atoms with E-state index in [0.717, 1.165) is 0 Å². The highest BCUT2D eigenvalue weighted by Crippen LogP contribution is 2.34. The molecule has 230 valence electrons.